The predicted molar refractivity (Wildman–Crippen MR) is 71.9 cm³/mol. The summed E-state index contributed by atoms with van der Waals surface area (Å²) in [6.45, 7) is 9.99. The molecule has 2 aromatic heterocycles. The fourth-order valence-corrected chi connectivity index (χ4v) is 1.85. The van der Waals surface area contributed by atoms with Crippen LogP contribution >= 0.6 is 0 Å². The number of nitrogens with zero attached hydrogens (tertiary/aromatic N) is 4. The second-order valence-corrected chi connectivity index (χ2v) is 4.91. The maximum absolute atomic E-state index is 5.96. The molecule has 0 spiro atoms. The highest BCUT2D eigenvalue weighted by Crippen LogP contribution is 2.21. The SMILES string of the molecule is Cc1cc(C)n(-c2nc(C(C)C)nc(N)c2C)n1. The largest absolute Gasteiger partial charge is 0.383 e. The van der Waals surface area contributed by atoms with E-state index in [0.29, 0.717) is 5.82 Å². The minimum absolute atomic E-state index is 0.239. The molecule has 0 unspecified atom stereocenters. The maximum atomic E-state index is 5.96. The van der Waals surface area contributed by atoms with Crippen molar-refractivity contribution >= 4 is 5.82 Å². The van der Waals surface area contributed by atoms with Gasteiger partial charge in [0.15, 0.2) is 5.82 Å². The molecule has 0 saturated carbocycles. The first-order valence-electron chi connectivity index (χ1n) is 6.07. The molecule has 0 bridgehead atoms. The van der Waals surface area contributed by atoms with Crippen LogP contribution in [0.3, 0.4) is 0 Å². The molecule has 2 rings (SSSR count). The van der Waals surface area contributed by atoms with E-state index in [0.717, 1.165) is 28.6 Å². The number of nitrogens with two attached hydrogens (primary N) is 1. The molecule has 0 atom stereocenters. The van der Waals surface area contributed by atoms with Gasteiger partial charge < -0.3 is 5.73 Å². The highest BCUT2D eigenvalue weighted by atomic mass is 15.3. The van der Waals surface area contributed by atoms with Crippen LogP contribution in [-0.2, 0) is 0 Å². The summed E-state index contributed by atoms with van der Waals surface area (Å²) in [6, 6.07) is 2.02. The van der Waals surface area contributed by atoms with Crippen LogP contribution in [0, 0.1) is 20.8 Å². The average molecular weight is 245 g/mol. The van der Waals surface area contributed by atoms with Gasteiger partial charge in [-0.05, 0) is 26.8 Å². The molecule has 0 aliphatic carbocycles. The molecule has 18 heavy (non-hydrogen) atoms. The van der Waals surface area contributed by atoms with E-state index in [2.05, 4.69) is 28.9 Å². The van der Waals surface area contributed by atoms with Crippen molar-refractivity contribution in [3.63, 3.8) is 0 Å². The van der Waals surface area contributed by atoms with E-state index in [1.165, 1.54) is 0 Å². The summed E-state index contributed by atoms with van der Waals surface area (Å²) >= 11 is 0. The lowest BCUT2D eigenvalue weighted by Gasteiger charge is -2.12. The average Bonchev–Trinajstić information content (AvgIpc) is 2.61. The van der Waals surface area contributed by atoms with Crippen LogP contribution in [-0.4, -0.2) is 19.7 Å². The van der Waals surface area contributed by atoms with Gasteiger partial charge in [-0.1, -0.05) is 13.8 Å². The Morgan fingerprint density at radius 1 is 1.17 bits per heavy atom. The van der Waals surface area contributed by atoms with Crippen molar-refractivity contribution in [2.45, 2.75) is 40.5 Å². The second-order valence-electron chi connectivity index (χ2n) is 4.91. The first-order chi connectivity index (χ1) is 8.40. The lowest BCUT2D eigenvalue weighted by atomic mass is 10.2. The third-order valence-corrected chi connectivity index (χ3v) is 2.90. The molecule has 0 aromatic carbocycles. The lowest BCUT2D eigenvalue weighted by molar-refractivity contribution is 0.732. The number of hydrogen-bond donors (Lipinski definition) is 1. The third kappa shape index (κ3) is 2.08. The van der Waals surface area contributed by atoms with Crippen molar-refractivity contribution in [2.24, 2.45) is 0 Å². The minimum atomic E-state index is 0.239. The summed E-state index contributed by atoms with van der Waals surface area (Å²) in [7, 11) is 0. The van der Waals surface area contributed by atoms with Gasteiger partial charge in [-0.15, -0.1) is 0 Å². The molecule has 0 saturated heterocycles. The lowest BCUT2D eigenvalue weighted by Crippen LogP contribution is -2.12. The van der Waals surface area contributed by atoms with Crippen LogP contribution < -0.4 is 5.73 Å². The summed E-state index contributed by atoms with van der Waals surface area (Å²) in [6.07, 6.45) is 0. The molecule has 0 aliphatic rings. The van der Waals surface area contributed by atoms with Crippen molar-refractivity contribution in [2.75, 3.05) is 5.73 Å². The molecular formula is C13H19N5. The van der Waals surface area contributed by atoms with Gasteiger partial charge in [-0.25, -0.2) is 14.6 Å². The van der Waals surface area contributed by atoms with Gasteiger partial charge in [0, 0.05) is 17.2 Å². The molecule has 2 N–H and O–H groups in total. The van der Waals surface area contributed by atoms with E-state index in [1.54, 1.807) is 0 Å². The Balaban J connectivity index is 2.66. The van der Waals surface area contributed by atoms with Gasteiger partial charge in [0.1, 0.15) is 11.6 Å². The summed E-state index contributed by atoms with van der Waals surface area (Å²) < 4.78 is 1.83. The van der Waals surface area contributed by atoms with Crippen LogP contribution in [0.25, 0.3) is 5.82 Å². The Morgan fingerprint density at radius 2 is 1.83 bits per heavy atom. The minimum Gasteiger partial charge on any atom is -0.383 e. The number of aromatic nitrogens is 4. The van der Waals surface area contributed by atoms with E-state index in [-0.39, 0.29) is 5.92 Å². The van der Waals surface area contributed by atoms with Crippen molar-refractivity contribution in [1.29, 1.82) is 0 Å². The van der Waals surface area contributed by atoms with Crippen LogP contribution in [0.4, 0.5) is 5.82 Å². The first-order valence-corrected chi connectivity index (χ1v) is 6.07. The fraction of sp³-hybridized carbons (Fsp3) is 0.462. The van der Waals surface area contributed by atoms with E-state index in [9.17, 15) is 0 Å². The molecule has 2 aromatic rings. The van der Waals surface area contributed by atoms with Gasteiger partial charge in [0.05, 0.1) is 5.69 Å². The highest BCUT2D eigenvalue weighted by Gasteiger charge is 2.14. The molecule has 0 radical (unpaired) electrons. The normalized spacial score (nSPS) is 11.2. The first kappa shape index (κ1) is 12.5. The predicted octanol–water partition coefficient (Wildman–Crippen LogP) is 2.29. The molecule has 0 amide bonds. The van der Waals surface area contributed by atoms with Gasteiger partial charge in [-0.3, -0.25) is 0 Å². The standard InChI is InChI=1S/C13H19N5/c1-7(2)12-15-11(14)10(5)13(16-12)18-9(4)6-8(3)17-18/h6-7H,1-5H3,(H2,14,15,16). The Hall–Kier alpha value is -1.91. The molecule has 0 aliphatic heterocycles. The van der Waals surface area contributed by atoms with Crippen LogP contribution in [0.5, 0.6) is 0 Å². The van der Waals surface area contributed by atoms with E-state index < -0.39 is 0 Å². The van der Waals surface area contributed by atoms with Crippen LogP contribution in [0.1, 0.15) is 42.5 Å². The monoisotopic (exact) mass is 245 g/mol. The van der Waals surface area contributed by atoms with Crippen molar-refractivity contribution in [1.82, 2.24) is 19.7 Å². The number of rotatable bonds is 2. The summed E-state index contributed by atoms with van der Waals surface area (Å²) in [5, 5.41) is 4.45. The summed E-state index contributed by atoms with van der Waals surface area (Å²) in [5.74, 6) is 2.29. The van der Waals surface area contributed by atoms with Gasteiger partial charge in [0.25, 0.3) is 0 Å². The van der Waals surface area contributed by atoms with E-state index >= 15 is 0 Å². The number of anilines is 1. The van der Waals surface area contributed by atoms with E-state index in [4.69, 9.17) is 5.73 Å². The van der Waals surface area contributed by atoms with Crippen LogP contribution in [0.2, 0.25) is 0 Å². The Kier molecular flexibility index (Phi) is 3.07. The molecule has 0 fully saturated rings. The van der Waals surface area contributed by atoms with Crippen LogP contribution in [0.15, 0.2) is 6.07 Å². The Bertz CT molecular complexity index is 583. The Morgan fingerprint density at radius 3 is 2.33 bits per heavy atom. The molecular weight excluding hydrogens is 226 g/mol. The second kappa shape index (κ2) is 4.40. The zero-order valence-corrected chi connectivity index (χ0v) is 11.5. The quantitative estimate of drug-likeness (QED) is 0.881. The zero-order valence-electron chi connectivity index (χ0n) is 11.5. The van der Waals surface area contributed by atoms with Gasteiger partial charge >= 0.3 is 0 Å². The number of hydrogen-bond acceptors (Lipinski definition) is 4. The topological polar surface area (TPSA) is 69.6 Å². The smallest absolute Gasteiger partial charge is 0.162 e. The van der Waals surface area contributed by atoms with Crippen molar-refractivity contribution in [3.8, 4) is 5.82 Å². The summed E-state index contributed by atoms with van der Waals surface area (Å²) in [4.78, 5) is 8.91. The third-order valence-electron chi connectivity index (χ3n) is 2.90. The number of aryl methyl sites for hydroxylation is 2. The molecule has 5 heteroatoms. The van der Waals surface area contributed by atoms with Crippen molar-refractivity contribution < 1.29 is 0 Å². The zero-order chi connectivity index (χ0) is 13.4. The maximum Gasteiger partial charge on any atom is 0.162 e. The fourth-order valence-electron chi connectivity index (χ4n) is 1.85. The summed E-state index contributed by atoms with van der Waals surface area (Å²) in [5.41, 5.74) is 8.84. The van der Waals surface area contributed by atoms with Crippen molar-refractivity contribution in [3.05, 3.63) is 28.8 Å². The molecule has 5 nitrogen and oxygen atoms in total. The number of nitrogen functional groups attached to an aromatic ring is 1. The Labute approximate surface area is 107 Å². The van der Waals surface area contributed by atoms with Gasteiger partial charge in [0.2, 0.25) is 0 Å². The molecule has 96 valence electrons. The van der Waals surface area contributed by atoms with Gasteiger partial charge in [-0.2, -0.15) is 5.10 Å². The molecule has 2 heterocycles. The highest BCUT2D eigenvalue weighted by molar-refractivity contribution is 5.48. The van der Waals surface area contributed by atoms with E-state index in [1.807, 2.05) is 31.5 Å².